The predicted molar refractivity (Wildman–Crippen MR) is 106 cm³/mol. The second-order valence-electron chi connectivity index (χ2n) is 7.23. The van der Waals surface area contributed by atoms with Gasteiger partial charge >= 0.3 is 11.9 Å². The van der Waals surface area contributed by atoms with E-state index in [4.69, 9.17) is 13.9 Å². The van der Waals surface area contributed by atoms with Crippen LogP contribution in [0.2, 0.25) is 0 Å². The summed E-state index contributed by atoms with van der Waals surface area (Å²) in [5, 5.41) is 2.56. The third-order valence-corrected chi connectivity index (χ3v) is 4.69. The maximum Gasteiger partial charge on any atom is 0.339 e. The number of rotatable bonds is 8. The number of furan rings is 1. The number of ketones is 1. The van der Waals surface area contributed by atoms with Crippen LogP contribution in [0, 0.1) is 19.8 Å². The molecule has 30 heavy (non-hydrogen) atoms. The molecule has 2 atom stereocenters. The summed E-state index contributed by atoms with van der Waals surface area (Å²) in [5.74, 6) is -2.61. The standard InChI is InChI=1S/C21H26N2O7/c1-10(2)16(23-19(25)14-8-7-9-29-14)21(27)30-13(5)18(24)17-11(3)15(12(4)22-17)20(26)28-6/h7-10,13,16,22H,1-6H3,(H,23,25)/t13-,16+/m1/s1. The molecule has 1 amide bonds. The number of hydrogen-bond donors (Lipinski definition) is 2. The molecule has 2 heterocycles. The van der Waals surface area contributed by atoms with Crippen LogP contribution in [0.1, 0.15) is 63.4 Å². The fraction of sp³-hybridized carbons (Fsp3) is 0.429. The minimum atomic E-state index is -1.14. The molecule has 0 fully saturated rings. The molecule has 9 heteroatoms. The summed E-state index contributed by atoms with van der Waals surface area (Å²) in [5.41, 5.74) is 1.32. The van der Waals surface area contributed by atoms with Crippen LogP contribution < -0.4 is 5.32 Å². The van der Waals surface area contributed by atoms with Gasteiger partial charge in [0.15, 0.2) is 11.9 Å². The van der Waals surface area contributed by atoms with Crippen molar-refractivity contribution in [2.45, 2.75) is 46.8 Å². The minimum absolute atomic E-state index is 0.0606. The second kappa shape index (κ2) is 9.43. The molecule has 2 aromatic rings. The molecule has 2 N–H and O–H groups in total. The fourth-order valence-corrected chi connectivity index (χ4v) is 3.03. The third kappa shape index (κ3) is 4.79. The molecule has 0 aliphatic rings. The number of aromatic amines is 1. The van der Waals surface area contributed by atoms with Crippen LogP contribution in [0.4, 0.5) is 0 Å². The monoisotopic (exact) mass is 418 g/mol. The molecule has 0 spiro atoms. The average molecular weight is 418 g/mol. The lowest BCUT2D eigenvalue weighted by Gasteiger charge is -2.22. The van der Waals surface area contributed by atoms with E-state index in [1.54, 1.807) is 33.8 Å². The maximum atomic E-state index is 12.8. The number of aromatic nitrogens is 1. The summed E-state index contributed by atoms with van der Waals surface area (Å²) < 4.78 is 15.1. The normalized spacial score (nSPS) is 12.9. The first-order chi connectivity index (χ1) is 14.1. The van der Waals surface area contributed by atoms with Crippen molar-refractivity contribution in [1.82, 2.24) is 10.3 Å². The Labute approximate surface area is 174 Å². The van der Waals surface area contributed by atoms with E-state index >= 15 is 0 Å². The topological polar surface area (TPSA) is 128 Å². The first-order valence-electron chi connectivity index (χ1n) is 9.45. The highest BCUT2D eigenvalue weighted by Gasteiger charge is 2.32. The number of esters is 2. The lowest BCUT2D eigenvalue weighted by Crippen LogP contribution is -2.46. The summed E-state index contributed by atoms with van der Waals surface area (Å²) in [6, 6.07) is 2.05. The van der Waals surface area contributed by atoms with Gasteiger partial charge in [0.25, 0.3) is 5.91 Å². The number of carbonyl (C=O) groups is 4. The van der Waals surface area contributed by atoms with Crippen LogP contribution in [-0.4, -0.2) is 47.9 Å². The number of methoxy groups -OCH3 is 1. The molecule has 9 nitrogen and oxygen atoms in total. The smallest absolute Gasteiger partial charge is 0.339 e. The highest BCUT2D eigenvalue weighted by atomic mass is 16.5. The number of Topliss-reactive ketones (excluding diaryl/α,β-unsaturated/α-hetero) is 1. The molecule has 0 saturated carbocycles. The van der Waals surface area contributed by atoms with Crippen molar-refractivity contribution >= 4 is 23.6 Å². The zero-order valence-electron chi connectivity index (χ0n) is 17.8. The fourth-order valence-electron chi connectivity index (χ4n) is 3.03. The molecular weight excluding hydrogens is 392 g/mol. The Morgan fingerprint density at radius 3 is 2.33 bits per heavy atom. The molecule has 0 bridgehead atoms. The lowest BCUT2D eigenvalue weighted by molar-refractivity contribution is -0.149. The summed E-state index contributed by atoms with van der Waals surface area (Å²) in [7, 11) is 1.25. The van der Waals surface area contributed by atoms with E-state index in [2.05, 4.69) is 10.3 Å². The summed E-state index contributed by atoms with van der Waals surface area (Å²) in [6.45, 7) is 8.16. The highest BCUT2D eigenvalue weighted by molar-refractivity contribution is 6.04. The largest absolute Gasteiger partial charge is 0.465 e. The number of nitrogens with one attached hydrogen (secondary N) is 2. The van der Waals surface area contributed by atoms with Crippen molar-refractivity contribution in [3.63, 3.8) is 0 Å². The molecular formula is C21H26N2O7. The number of aryl methyl sites for hydroxylation is 1. The Hall–Kier alpha value is -3.36. The lowest BCUT2D eigenvalue weighted by atomic mass is 10.0. The van der Waals surface area contributed by atoms with Gasteiger partial charge in [-0.3, -0.25) is 9.59 Å². The van der Waals surface area contributed by atoms with Crippen LogP contribution in [0.15, 0.2) is 22.8 Å². The second-order valence-corrected chi connectivity index (χ2v) is 7.23. The molecule has 2 aromatic heterocycles. The third-order valence-electron chi connectivity index (χ3n) is 4.69. The van der Waals surface area contributed by atoms with Gasteiger partial charge in [-0.05, 0) is 44.4 Å². The molecule has 0 aromatic carbocycles. The number of ether oxygens (including phenoxy) is 2. The van der Waals surface area contributed by atoms with E-state index in [0.29, 0.717) is 11.3 Å². The summed E-state index contributed by atoms with van der Waals surface area (Å²) >= 11 is 0. The quantitative estimate of drug-likeness (QED) is 0.498. The molecule has 162 valence electrons. The first-order valence-corrected chi connectivity index (χ1v) is 9.45. The van der Waals surface area contributed by atoms with Crippen LogP contribution in [0.25, 0.3) is 0 Å². The predicted octanol–water partition coefficient (Wildman–Crippen LogP) is 2.58. The number of hydrogen-bond acceptors (Lipinski definition) is 7. The zero-order chi connectivity index (χ0) is 22.6. The van der Waals surface area contributed by atoms with Gasteiger partial charge in [-0.15, -0.1) is 0 Å². The molecule has 2 rings (SSSR count). The Morgan fingerprint density at radius 1 is 1.13 bits per heavy atom. The van der Waals surface area contributed by atoms with Crippen molar-refractivity contribution < 1.29 is 33.1 Å². The number of H-pyrrole nitrogens is 1. The van der Waals surface area contributed by atoms with Gasteiger partial charge in [-0.2, -0.15) is 0 Å². The highest BCUT2D eigenvalue weighted by Crippen LogP contribution is 2.21. The van der Waals surface area contributed by atoms with Crippen molar-refractivity contribution in [2.75, 3.05) is 7.11 Å². The van der Waals surface area contributed by atoms with E-state index in [9.17, 15) is 19.2 Å². The van der Waals surface area contributed by atoms with Crippen LogP contribution >= 0.6 is 0 Å². The maximum absolute atomic E-state index is 12.8. The van der Waals surface area contributed by atoms with Gasteiger partial charge in [0.2, 0.25) is 5.78 Å². The molecule has 0 radical (unpaired) electrons. The first kappa shape index (κ1) is 22.9. The average Bonchev–Trinajstić information content (AvgIpc) is 3.32. The SMILES string of the molecule is COC(=O)c1c(C)[nH]c(C(=O)[C@@H](C)OC(=O)[C@@H](NC(=O)c2ccco2)C(C)C)c1C. The van der Waals surface area contributed by atoms with Gasteiger partial charge in [0.1, 0.15) is 6.04 Å². The molecule has 0 unspecified atom stereocenters. The molecule has 0 saturated heterocycles. The van der Waals surface area contributed by atoms with E-state index < -0.39 is 35.8 Å². The molecule has 0 aliphatic heterocycles. The van der Waals surface area contributed by atoms with Crippen LogP contribution in [0.3, 0.4) is 0 Å². The minimum Gasteiger partial charge on any atom is -0.465 e. The van der Waals surface area contributed by atoms with Crippen molar-refractivity contribution in [3.8, 4) is 0 Å². The Bertz CT molecular complexity index is 941. The van der Waals surface area contributed by atoms with Crippen molar-refractivity contribution in [3.05, 3.63) is 46.7 Å². The summed E-state index contributed by atoms with van der Waals surface area (Å²) in [6.07, 6.45) is 0.211. The van der Waals surface area contributed by atoms with Gasteiger partial charge in [0.05, 0.1) is 24.6 Å². The zero-order valence-corrected chi connectivity index (χ0v) is 17.8. The van der Waals surface area contributed by atoms with Gasteiger partial charge in [-0.25, -0.2) is 9.59 Å². The number of amides is 1. The van der Waals surface area contributed by atoms with Gasteiger partial charge in [0, 0.05) is 5.69 Å². The van der Waals surface area contributed by atoms with Crippen LogP contribution in [0.5, 0.6) is 0 Å². The van der Waals surface area contributed by atoms with E-state index in [1.165, 1.54) is 26.4 Å². The van der Waals surface area contributed by atoms with Crippen LogP contribution in [-0.2, 0) is 14.3 Å². The summed E-state index contributed by atoms with van der Waals surface area (Å²) in [4.78, 5) is 52.5. The van der Waals surface area contributed by atoms with Gasteiger partial charge in [-0.1, -0.05) is 13.8 Å². The van der Waals surface area contributed by atoms with Crippen molar-refractivity contribution in [2.24, 2.45) is 5.92 Å². The number of carbonyl (C=O) groups excluding carboxylic acids is 4. The van der Waals surface area contributed by atoms with Crippen molar-refractivity contribution in [1.29, 1.82) is 0 Å². The van der Waals surface area contributed by atoms with E-state index in [0.717, 1.165) is 0 Å². The Morgan fingerprint density at radius 2 is 1.80 bits per heavy atom. The Kier molecular flexibility index (Phi) is 7.20. The van der Waals surface area contributed by atoms with E-state index in [1.807, 2.05) is 0 Å². The van der Waals surface area contributed by atoms with E-state index in [-0.39, 0.29) is 22.9 Å². The Balaban J connectivity index is 2.14. The van der Waals surface area contributed by atoms with Gasteiger partial charge < -0.3 is 24.2 Å². The molecule has 0 aliphatic carbocycles.